The molecule has 0 saturated heterocycles. The number of hydrogen-bond donors (Lipinski definition) is 3. The first-order valence-corrected chi connectivity index (χ1v) is 11.8. The van der Waals surface area contributed by atoms with E-state index in [1.807, 2.05) is 18.2 Å². The van der Waals surface area contributed by atoms with Crippen LogP contribution in [0.25, 0.3) is 21.8 Å². The standard InChI is InChI=1S/C28H24ClFN6/c1-36(2)16-17-3-4-18-10-22(34-27(18)9-17)15-32-20-6-8-26-23(11-20)28(19(13-31)14-33-26)35-21-5-7-25(30)24(29)12-21/h3-12,14,32,34H,15-16H2,1-2H3,(H,33,35). The Morgan fingerprint density at radius 2 is 1.89 bits per heavy atom. The van der Waals surface area contributed by atoms with Crippen LogP contribution in [0, 0.1) is 17.1 Å². The number of anilines is 3. The molecule has 0 aliphatic rings. The highest BCUT2D eigenvalue weighted by Gasteiger charge is 2.12. The Morgan fingerprint density at radius 1 is 1.06 bits per heavy atom. The van der Waals surface area contributed by atoms with Gasteiger partial charge >= 0.3 is 0 Å². The molecule has 0 spiro atoms. The zero-order valence-corrected chi connectivity index (χ0v) is 20.6. The molecule has 3 aromatic carbocycles. The molecular formula is C28H24ClFN6. The SMILES string of the molecule is CN(C)Cc1ccc2cc(CNc3ccc4ncc(C#N)c(Nc5ccc(F)c(Cl)c5)c4c3)[nH]c2c1. The molecule has 6 nitrogen and oxygen atoms in total. The Labute approximate surface area is 213 Å². The Balaban J connectivity index is 1.42. The van der Waals surface area contributed by atoms with E-state index in [0.29, 0.717) is 23.5 Å². The van der Waals surface area contributed by atoms with Crippen LogP contribution in [0.1, 0.15) is 16.8 Å². The summed E-state index contributed by atoms with van der Waals surface area (Å²) in [6.07, 6.45) is 1.53. The van der Waals surface area contributed by atoms with Gasteiger partial charge in [-0.15, -0.1) is 0 Å². The van der Waals surface area contributed by atoms with E-state index >= 15 is 0 Å². The van der Waals surface area contributed by atoms with Crippen LogP contribution in [0.4, 0.5) is 21.5 Å². The van der Waals surface area contributed by atoms with Gasteiger partial charge in [-0.05, 0) is 73.6 Å². The third kappa shape index (κ3) is 4.96. The zero-order valence-electron chi connectivity index (χ0n) is 19.9. The number of pyridine rings is 1. The Kier molecular flexibility index (Phi) is 6.47. The molecule has 36 heavy (non-hydrogen) atoms. The highest BCUT2D eigenvalue weighted by atomic mass is 35.5. The number of nitrogens with one attached hydrogen (secondary N) is 3. The zero-order chi connectivity index (χ0) is 25.2. The van der Waals surface area contributed by atoms with Gasteiger partial charge in [-0.1, -0.05) is 23.7 Å². The molecule has 5 aromatic rings. The number of aromatic amines is 1. The first-order chi connectivity index (χ1) is 17.4. The van der Waals surface area contributed by atoms with Crippen molar-refractivity contribution in [2.45, 2.75) is 13.1 Å². The third-order valence-electron chi connectivity index (χ3n) is 5.90. The number of benzene rings is 3. The van der Waals surface area contributed by atoms with Gasteiger partial charge in [0, 0.05) is 40.7 Å². The van der Waals surface area contributed by atoms with Crippen molar-refractivity contribution < 1.29 is 4.39 Å². The first-order valence-electron chi connectivity index (χ1n) is 11.4. The van der Waals surface area contributed by atoms with E-state index in [-0.39, 0.29) is 5.02 Å². The van der Waals surface area contributed by atoms with Crippen molar-refractivity contribution in [1.29, 1.82) is 5.26 Å². The van der Waals surface area contributed by atoms with Gasteiger partial charge in [0.25, 0.3) is 0 Å². The van der Waals surface area contributed by atoms with Crippen LogP contribution in [-0.4, -0.2) is 29.0 Å². The number of aromatic nitrogens is 2. The van der Waals surface area contributed by atoms with Crippen molar-refractivity contribution in [1.82, 2.24) is 14.9 Å². The Morgan fingerprint density at radius 3 is 2.67 bits per heavy atom. The maximum Gasteiger partial charge on any atom is 0.141 e. The lowest BCUT2D eigenvalue weighted by Gasteiger charge is -2.13. The summed E-state index contributed by atoms with van der Waals surface area (Å²) in [6, 6.07) is 21.0. The minimum atomic E-state index is -0.500. The minimum absolute atomic E-state index is 0.00592. The molecule has 8 heteroatoms. The third-order valence-corrected chi connectivity index (χ3v) is 6.19. The van der Waals surface area contributed by atoms with Crippen molar-refractivity contribution in [2.24, 2.45) is 0 Å². The number of hydrogen-bond acceptors (Lipinski definition) is 5. The number of nitriles is 1. The van der Waals surface area contributed by atoms with E-state index in [4.69, 9.17) is 11.6 Å². The summed E-state index contributed by atoms with van der Waals surface area (Å²) in [5.74, 6) is -0.500. The van der Waals surface area contributed by atoms with Crippen LogP contribution in [-0.2, 0) is 13.1 Å². The monoisotopic (exact) mass is 498 g/mol. The van der Waals surface area contributed by atoms with Crippen LogP contribution in [0.15, 0.2) is 66.9 Å². The molecule has 0 saturated carbocycles. The molecule has 0 aliphatic heterocycles. The van der Waals surface area contributed by atoms with Gasteiger partial charge < -0.3 is 20.5 Å². The van der Waals surface area contributed by atoms with Gasteiger partial charge in [-0.2, -0.15) is 5.26 Å². The number of H-pyrrole nitrogens is 1. The van der Waals surface area contributed by atoms with E-state index in [9.17, 15) is 9.65 Å². The fourth-order valence-electron chi connectivity index (χ4n) is 4.23. The lowest BCUT2D eigenvalue weighted by molar-refractivity contribution is 0.403. The molecule has 0 unspecified atom stereocenters. The van der Waals surface area contributed by atoms with Crippen molar-refractivity contribution >= 4 is 50.5 Å². The molecule has 2 aromatic heterocycles. The molecule has 0 radical (unpaired) electrons. The highest BCUT2D eigenvalue weighted by molar-refractivity contribution is 6.31. The maximum atomic E-state index is 13.6. The second-order valence-corrected chi connectivity index (χ2v) is 9.36. The summed E-state index contributed by atoms with van der Waals surface area (Å²) >= 11 is 5.95. The number of rotatable bonds is 7. The molecule has 0 atom stereocenters. The summed E-state index contributed by atoms with van der Waals surface area (Å²) in [6.45, 7) is 1.49. The van der Waals surface area contributed by atoms with Gasteiger partial charge in [0.2, 0.25) is 0 Å². The van der Waals surface area contributed by atoms with Crippen molar-refractivity contribution in [2.75, 3.05) is 24.7 Å². The summed E-state index contributed by atoms with van der Waals surface area (Å²) in [4.78, 5) is 10.1. The number of nitrogens with zero attached hydrogens (tertiary/aromatic N) is 3. The second kappa shape index (κ2) is 9.86. The van der Waals surface area contributed by atoms with E-state index in [1.54, 1.807) is 6.07 Å². The van der Waals surface area contributed by atoms with Gasteiger partial charge in [0.1, 0.15) is 11.9 Å². The maximum absolute atomic E-state index is 13.6. The van der Waals surface area contributed by atoms with Crippen LogP contribution in [0.3, 0.4) is 0 Å². The summed E-state index contributed by atoms with van der Waals surface area (Å²) in [7, 11) is 4.12. The van der Waals surface area contributed by atoms with E-state index < -0.39 is 5.82 Å². The Hall–Kier alpha value is -4.12. The van der Waals surface area contributed by atoms with E-state index in [0.717, 1.165) is 34.3 Å². The van der Waals surface area contributed by atoms with Crippen molar-refractivity contribution in [3.05, 3.63) is 94.5 Å². The summed E-state index contributed by atoms with van der Waals surface area (Å²) in [5.41, 5.74) is 6.59. The Bertz CT molecular complexity index is 1620. The fourth-order valence-corrected chi connectivity index (χ4v) is 4.41. The van der Waals surface area contributed by atoms with E-state index in [2.05, 4.69) is 69.9 Å². The van der Waals surface area contributed by atoms with Crippen molar-refractivity contribution in [3.8, 4) is 6.07 Å². The number of halogens is 2. The van der Waals surface area contributed by atoms with Crippen LogP contribution < -0.4 is 10.6 Å². The minimum Gasteiger partial charge on any atom is -0.379 e. The summed E-state index contributed by atoms with van der Waals surface area (Å²) < 4.78 is 13.6. The van der Waals surface area contributed by atoms with Crippen LogP contribution in [0.5, 0.6) is 0 Å². The quantitative estimate of drug-likeness (QED) is 0.230. The molecule has 3 N–H and O–H groups in total. The van der Waals surface area contributed by atoms with Crippen molar-refractivity contribution in [3.63, 3.8) is 0 Å². The average Bonchev–Trinajstić information content (AvgIpc) is 3.27. The van der Waals surface area contributed by atoms with Gasteiger partial charge in [-0.25, -0.2) is 4.39 Å². The van der Waals surface area contributed by atoms with Gasteiger partial charge in [0.05, 0.1) is 28.3 Å². The molecule has 180 valence electrons. The second-order valence-electron chi connectivity index (χ2n) is 8.95. The molecule has 0 amide bonds. The molecule has 2 heterocycles. The van der Waals surface area contributed by atoms with Gasteiger partial charge in [-0.3, -0.25) is 4.98 Å². The molecule has 0 fully saturated rings. The molecule has 0 bridgehead atoms. The topological polar surface area (TPSA) is 79.8 Å². The smallest absolute Gasteiger partial charge is 0.141 e. The predicted molar refractivity (Wildman–Crippen MR) is 144 cm³/mol. The molecular weight excluding hydrogens is 475 g/mol. The molecule has 0 aliphatic carbocycles. The highest BCUT2D eigenvalue weighted by Crippen LogP contribution is 2.32. The first kappa shape index (κ1) is 23.6. The normalized spacial score (nSPS) is 11.2. The van der Waals surface area contributed by atoms with Crippen LogP contribution in [0.2, 0.25) is 5.02 Å². The molecule has 5 rings (SSSR count). The predicted octanol–water partition coefficient (Wildman–Crippen LogP) is 6.80. The van der Waals surface area contributed by atoms with E-state index in [1.165, 1.54) is 29.3 Å². The number of fused-ring (bicyclic) bond motifs is 2. The fraction of sp³-hybridized carbons (Fsp3) is 0.143. The van der Waals surface area contributed by atoms with Gasteiger partial charge in [0.15, 0.2) is 0 Å². The lowest BCUT2D eigenvalue weighted by atomic mass is 10.1. The van der Waals surface area contributed by atoms with Crippen LogP contribution >= 0.6 is 11.6 Å². The lowest BCUT2D eigenvalue weighted by Crippen LogP contribution is -2.10. The largest absolute Gasteiger partial charge is 0.379 e. The average molecular weight is 499 g/mol. The summed E-state index contributed by atoms with van der Waals surface area (Å²) in [5, 5.41) is 18.3.